The average Bonchev–Trinajstić information content (AvgIpc) is 3.16. The molecular formula is C22H31N5OS. The summed E-state index contributed by atoms with van der Waals surface area (Å²) in [5.74, 6) is 1.77. The summed E-state index contributed by atoms with van der Waals surface area (Å²) in [4.78, 5) is 27.7. The van der Waals surface area contributed by atoms with Crippen molar-refractivity contribution in [3.8, 4) is 0 Å². The summed E-state index contributed by atoms with van der Waals surface area (Å²) in [5.41, 5.74) is 1.20. The highest BCUT2D eigenvalue weighted by Crippen LogP contribution is 2.29. The number of aryl methyl sites for hydroxylation is 2. The molecule has 3 heterocycles. The molecule has 1 amide bonds. The van der Waals surface area contributed by atoms with Gasteiger partial charge in [0.25, 0.3) is 0 Å². The van der Waals surface area contributed by atoms with Gasteiger partial charge in [0.05, 0.1) is 12.2 Å². The normalized spacial score (nSPS) is 17.4. The van der Waals surface area contributed by atoms with Crippen LogP contribution in [0.2, 0.25) is 0 Å². The molecule has 2 aromatic rings. The van der Waals surface area contributed by atoms with Gasteiger partial charge in [-0.25, -0.2) is 9.97 Å². The quantitative estimate of drug-likeness (QED) is 0.752. The van der Waals surface area contributed by atoms with Crippen molar-refractivity contribution in [1.82, 2.24) is 14.9 Å². The molecule has 1 aliphatic heterocycles. The summed E-state index contributed by atoms with van der Waals surface area (Å²) in [6.45, 7) is 6.53. The lowest BCUT2D eigenvalue weighted by molar-refractivity contribution is -0.117. The largest absolute Gasteiger partial charge is 0.357 e. The average molecular weight is 414 g/mol. The summed E-state index contributed by atoms with van der Waals surface area (Å²) in [6.07, 6.45) is 8.78. The standard InChI is InChI=1S/C22H31N5OS/c1-2-26(15-17-10-13-27(14-11-17)20-9-5-6-12-23-20)16-21(28)25-22-24-18-7-3-4-8-19(18)29-22/h5-6,9,12,17H,2-4,7-8,10-11,13-16H2,1H3,(H,24,25,28). The third-order valence-electron chi connectivity index (χ3n) is 6.01. The molecule has 1 aliphatic carbocycles. The molecular weight excluding hydrogens is 382 g/mol. The summed E-state index contributed by atoms with van der Waals surface area (Å²) in [5, 5.41) is 3.82. The Morgan fingerprint density at radius 3 is 2.83 bits per heavy atom. The van der Waals surface area contributed by atoms with E-state index in [1.807, 2.05) is 18.3 Å². The van der Waals surface area contributed by atoms with Crippen molar-refractivity contribution in [2.45, 2.75) is 45.4 Å². The van der Waals surface area contributed by atoms with E-state index in [0.717, 1.165) is 62.8 Å². The van der Waals surface area contributed by atoms with Crippen LogP contribution in [-0.2, 0) is 17.6 Å². The third-order valence-corrected chi connectivity index (χ3v) is 7.08. The number of nitrogens with zero attached hydrogens (tertiary/aromatic N) is 4. The number of carbonyl (C=O) groups excluding carboxylic acids is 1. The number of fused-ring (bicyclic) bond motifs is 1. The van der Waals surface area contributed by atoms with Crippen molar-refractivity contribution in [1.29, 1.82) is 0 Å². The van der Waals surface area contributed by atoms with Gasteiger partial charge in [-0.05, 0) is 63.1 Å². The van der Waals surface area contributed by atoms with Crippen LogP contribution in [0.5, 0.6) is 0 Å². The van der Waals surface area contributed by atoms with E-state index >= 15 is 0 Å². The number of hydrogen-bond donors (Lipinski definition) is 1. The summed E-state index contributed by atoms with van der Waals surface area (Å²) < 4.78 is 0. The number of aromatic nitrogens is 2. The maximum atomic E-state index is 12.6. The molecule has 2 aromatic heterocycles. The monoisotopic (exact) mass is 413 g/mol. The fourth-order valence-electron chi connectivity index (χ4n) is 4.32. The molecule has 6 nitrogen and oxygen atoms in total. The molecule has 0 bridgehead atoms. The van der Waals surface area contributed by atoms with E-state index in [1.165, 1.54) is 23.4 Å². The van der Waals surface area contributed by atoms with Crippen molar-refractivity contribution >= 4 is 28.2 Å². The molecule has 7 heteroatoms. The predicted molar refractivity (Wildman–Crippen MR) is 119 cm³/mol. The molecule has 0 unspecified atom stereocenters. The zero-order valence-corrected chi connectivity index (χ0v) is 18.1. The highest BCUT2D eigenvalue weighted by molar-refractivity contribution is 7.15. The van der Waals surface area contributed by atoms with E-state index in [1.54, 1.807) is 11.3 Å². The zero-order valence-electron chi connectivity index (χ0n) is 17.3. The van der Waals surface area contributed by atoms with Crippen molar-refractivity contribution < 1.29 is 4.79 Å². The van der Waals surface area contributed by atoms with Gasteiger partial charge in [0.15, 0.2) is 5.13 Å². The van der Waals surface area contributed by atoms with Gasteiger partial charge in [-0.15, -0.1) is 11.3 Å². The molecule has 0 saturated carbocycles. The number of likely N-dealkylation sites (N-methyl/N-ethyl adjacent to an activating group) is 1. The number of hydrogen-bond acceptors (Lipinski definition) is 6. The Hall–Kier alpha value is -1.99. The maximum Gasteiger partial charge on any atom is 0.240 e. The molecule has 29 heavy (non-hydrogen) atoms. The molecule has 0 aromatic carbocycles. The van der Waals surface area contributed by atoms with E-state index in [-0.39, 0.29) is 5.91 Å². The molecule has 0 radical (unpaired) electrons. The number of thiazole rings is 1. The van der Waals surface area contributed by atoms with Crippen LogP contribution in [0.15, 0.2) is 24.4 Å². The van der Waals surface area contributed by atoms with Crippen LogP contribution in [0.25, 0.3) is 0 Å². The summed E-state index contributed by atoms with van der Waals surface area (Å²) in [7, 11) is 0. The Morgan fingerprint density at radius 2 is 2.10 bits per heavy atom. The Labute approximate surface area is 177 Å². The number of nitrogens with one attached hydrogen (secondary N) is 1. The van der Waals surface area contributed by atoms with E-state index < -0.39 is 0 Å². The van der Waals surface area contributed by atoms with Gasteiger partial charge in [-0.2, -0.15) is 0 Å². The molecule has 0 spiro atoms. The van der Waals surface area contributed by atoms with Crippen molar-refractivity contribution in [2.75, 3.05) is 42.9 Å². The van der Waals surface area contributed by atoms with Crippen molar-refractivity contribution in [3.05, 3.63) is 35.0 Å². The second-order valence-corrected chi connectivity index (χ2v) is 9.17. The minimum atomic E-state index is 0.0591. The summed E-state index contributed by atoms with van der Waals surface area (Å²) in [6, 6.07) is 6.09. The highest BCUT2D eigenvalue weighted by atomic mass is 32.1. The van der Waals surface area contributed by atoms with Gasteiger partial charge >= 0.3 is 0 Å². The van der Waals surface area contributed by atoms with E-state index in [4.69, 9.17) is 0 Å². The first-order valence-corrected chi connectivity index (χ1v) is 11.7. The van der Waals surface area contributed by atoms with E-state index in [9.17, 15) is 4.79 Å². The number of carbonyl (C=O) groups is 1. The fraction of sp³-hybridized carbons (Fsp3) is 0.591. The number of pyridine rings is 1. The number of amides is 1. The first-order chi connectivity index (χ1) is 14.2. The zero-order chi connectivity index (χ0) is 20.1. The molecule has 0 atom stereocenters. The smallest absolute Gasteiger partial charge is 0.240 e. The van der Waals surface area contributed by atoms with Crippen LogP contribution in [0.3, 0.4) is 0 Å². The Morgan fingerprint density at radius 1 is 1.28 bits per heavy atom. The number of anilines is 2. The third kappa shape index (κ3) is 5.34. The minimum Gasteiger partial charge on any atom is -0.357 e. The lowest BCUT2D eigenvalue weighted by atomic mass is 9.96. The second kappa shape index (κ2) is 9.67. The SMILES string of the molecule is CCN(CC(=O)Nc1nc2c(s1)CCCC2)CC1CCN(c2ccccn2)CC1. The van der Waals surface area contributed by atoms with Gasteiger partial charge < -0.3 is 10.2 Å². The van der Waals surface area contributed by atoms with Gasteiger partial charge in [-0.3, -0.25) is 9.69 Å². The first kappa shape index (κ1) is 20.3. The molecule has 1 fully saturated rings. The fourth-order valence-corrected chi connectivity index (χ4v) is 5.39. The molecule has 2 aliphatic rings. The lowest BCUT2D eigenvalue weighted by Gasteiger charge is -2.35. The highest BCUT2D eigenvalue weighted by Gasteiger charge is 2.23. The Bertz CT molecular complexity index is 777. The van der Waals surface area contributed by atoms with Crippen LogP contribution in [-0.4, -0.2) is 53.5 Å². The van der Waals surface area contributed by atoms with Crippen LogP contribution in [0.1, 0.15) is 43.2 Å². The van der Waals surface area contributed by atoms with Crippen LogP contribution in [0, 0.1) is 5.92 Å². The van der Waals surface area contributed by atoms with Crippen molar-refractivity contribution in [2.24, 2.45) is 5.92 Å². The van der Waals surface area contributed by atoms with Gasteiger partial charge in [0.2, 0.25) is 5.91 Å². The van der Waals surface area contributed by atoms with Crippen molar-refractivity contribution in [3.63, 3.8) is 0 Å². The second-order valence-electron chi connectivity index (χ2n) is 8.09. The Balaban J connectivity index is 1.24. The van der Waals surface area contributed by atoms with Crippen LogP contribution in [0.4, 0.5) is 10.9 Å². The van der Waals surface area contributed by atoms with Crippen LogP contribution < -0.4 is 10.2 Å². The van der Waals surface area contributed by atoms with Gasteiger partial charge in [-0.1, -0.05) is 13.0 Å². The van der Waals surface area contributed by atoms with E-state index in [2.05, 4.69) is 38.1 Å². The van der Waals surface area contributed by atoms with Gasteiger partial charge in [0.1, 0.15) is 5.82 Å². The molecule has 4 rings (SSSR count). The maximum absolute atomic E-state index is 12.6. The molecule has 156 valence electrons. The van der Waals surface area contributed by atoms with Crippen LogP contribution >= 0.6 is 11.3 Å². The minimum absolute atomic E-state index is 0.0591. The first-order valence-electron chi connectivity index (χ1n) is 10.9. The summed E-state index contributed by atoms with van der Waals surface area (Å²) >= 11 is 1.66. The molecule has 1 saturated heterocycles. The lowest BCUT2D eigenvalue weighted by Crippen LogP contribution is -2.41. The Kier molecular flexibility index (Phi) is 6.77. The topological polar surface area (TPSA) is 61.4 Å². The number of piperidine rings is 1. The van der Waals surface area contributed by atoms with E-state index in [0.29, 0.717) is 12.5 Å². The predicted octanol–water partition coefficient (Wildman–Crippen LogP) is 3.59. The molecule has 1 N–H and O–H groups in total. The van der Waals surface area contributed by atoms with Gasteiger partial charge in [0, 0.05) is 30.7 Å². The number of rotatable bonds is 7.